The van der Waals surface area contributed by atoms with Gasteiger partial charge in [0.1, 0.15) is 12.1 Å². The Kier molecular flexibility index (Phi) is 10.1. The number of benzene rings is 1. The van der Waals surface area contributed by atoms with Gasteiger partial charge in [0.05, 0.1) is 24.7 Å². The number of carboxylic acids is 2. The standard InChI is InChI=1S/C23H31N5O9/c1-10(29)18(27-20(33)14(24)7-12-9-25-15-6-4-3-5-13(12)15)22(35)26-16(8-17(31)32)21(34)28-19(11(2)30)23(36)37/h3-6,9-11,14,16,18-19,25,29-30H,7-8,24H2,1-2H3,(H,26,35)(H,27,33)(H,28,34)(H,31,32)(H,36,37). The van der Waals surface area contributed by atoms with Crippen LogP contribution in [0.4, 0.5) is 0 Å². The molecule has 14 nitrogen and oxygen atoms in total. The van der Waals surface area contributed by atoms with Gasteiger partial charge in [0.2, 0.25) is 17.7 Å². The summed E-state index contributed by atoms with van der Waals surface area (Å²) in [5, 5.41) is 45.1. The molecule has 6 unspecified atom stereocenters. The second kappa shape index (κ2) is 12.8. The molecule has 0 aliphatic carbocycles. The second-order valence-electron chi connectivity index (χ2n) is 8.62. The average Bonchev–Trinajstić information content (AvgIpc) is 3.21. The normalized spacial score (nSPS) is 16.0. The number of aromatic nitrogens is 1. The molecule has 1 aromatic heterocycles. The maximum Gasteiger partial charge on any atom is 0.328 e. The number of amides is 3. The van der Waals surface area contributed by atoms with Crippen LogP contribution in [0.3, 0.4) is 0 Å². The van der Waals surface area contributed by atoms with Crippen LogP contribution in [0, 0.1) is 0 Å². The van der Waals surface area contributed by atoms with Gasteiger partial charge in [-0.1, -0.05) is 18.2 Å². The Bertz CT molecular complexity index is 1150. The van der Waals surface area contributed by atoms with Gasteiger partial charge in [0, 0.05) is 17.1 Å². The zero-order chi connectivity index (χ0) is 27.9. The van der Waals surface area contributed by atoms with Gasteiger partial charge in [-0.15, -0.1) is 0 Å². The third-order valence-corrected chi connectivity index (χ3v) is 5.57. The van der Waals surface area contributed by atoms with Gasteiger partial charge in [0.15, 0.2) is 6.04 Å². The van der Waals surface area contributed by atoms with E-state index in [1.54, 1.807) is 6.20 Å². The molecular weight excluding hydrogens is 490 g/mol. The van der Waals surface area contributed by atoms with Crippen LogP contribution in [0.5, 0.6) is 0 Å². The summed E-state index contributed by atoms with van der Waals surface area (Å²) < 4.78 is 0. The highest BCUT2D eigenvalue weighted by molar-refractivity contribution is 5.96. The molecule has 0 spiro atoms. The van der Waals surface area contributed by atoms with Gasteiger partial charge < -0.3 is 47.1 Å². The number of rotatable bonds is 13. The quantitative estimate of drug-likeness (QED) is 0.138. The van der Waals surface area contributed by atoms with Crippen LogP contribution >= 0.6 is 0 Å². The lowest BCUT2D eigenvalue weighted by Gasteiger charge is -2.26. The number of fused-ring (bicyclic) bond motifs is 1. The predicted molar refractivity (Wildman–Crippen MR) is 129 cm³/mol. The number of aromatic amines is 1. The number of carbonyl (C=O) groups is 5. The van der Waals surface area contributed by atoms with Crippen molar-refractivity contribution in [3.05, 3.63) is 36.0 Å². The Morgan fingerprint density at radius 2 is 1.49 bits per heavy atom. The van der Waals surface area contributed by atoms with Crippen molar-refractivity contribution in [1.29, 1.82) is 0 Å². The number of hydrogen-bond donors (Lipinski definition) is 9. The number of para-hydroxylation sites is 1. The minimum atomic E-state index is -1.77. The molecule has 37 heavy (non-hydrogen) atoms. The fourth-order valence-corrected chi connectivity index (χ4v) is 3.58. The van der Waals surface area contributed by atoms with Gasteiger partial charge in [-0.3, -0.25) is 19.2 Å². The second-order valence-corrected chi connectivity index (χ2v) is 8.62. The molecule has 0 bridgehead atoms. The van der Waals surface area contributed by atoms with Crippen LogP contribution in [0.25, 0.3) is 10.9 Å². The molecule has 14 heteroatoms. The highest BCUT2D eigenvalue weighted by Gasteiger charge is 2.34. The maximum absolute atomic E-state index is 12.8. The molecule has 0 saturated carbocycles. The summed E-state index contributed by atoms with van der Waals surface area (Å²) in [4.78, 5) is 63.6. The van der Waals surface area contributed by atoms with Crippen LogP contribution < -0.4 is 21.7 Å². The molecule has 2 aromatic rings. The van der Waals surface area contributed by atoms with Crippen molar-refractivity contribution in [2.24, 2.45) is 5.73 Å². The minimum absolute atomic E-state index is 0.101. The lowest BCUT2D eigenvalue weighted by molar-refractivity contribution is -0.146. The maximum atomic E-state index is 12.8. The summed E-state index contributed by atoms with van der Waals surface area (Å²) in [7, 11) is 0. The van der Waals surface area contributed by atoms with E-state index in [1.165, 1.54) is 6.92 Å². The third-order valence-electron chi connectivity index (χ3n) is 5.57. The van der Waals surface area contributed by atoms with Gasteiger partial charge in [-0.2, -0.15) is 0 Å². The fraction of sp³-hybridized carbons (Fsp3) is 0.435. The zero-order valence-electron chi connectivity index (χ0n) is 20.2. The topological polar surface area (TPSA) is 244 Å². The van der Waals surface area contributed by atoms with Gasteiger partial charge in [-0.05, 0) is 31.9 Å². The Labute approximate surface area is 211 Å². The number of carbonyl (C=O) groups excluding carboxylic acids is 3. The molecule has 6 atom stereocenters. The van der Waals surface area contributed by atoms with Crippen molar-refractivity contribution >= 4 is 40.6 Å². The van der Waals surface area contributed by atoms with Crippen LogP contribution in [-0.4, -0.2) is 91.4 Å². The van der Waals surface area contributed by atoms with Crippen LogP contribution in [0.2, 0.25) is 0 Å². The van der Waals surface area contributed by atoms with Crippen molar-refractivity contribution in [1.82, 2.24) is 20.9 Å². The number of nitrogens with two attached hydrogens (primary N) is 1. The number of aliphatic hydroxyl groups excluding tert-OH is 2. The van der Waals surface area contributed by atoms with Gasteiger partial charge in [0.25, 0.3) is 0 Å². The van der Waals surface area contributed by atoms with E-state index < -0.39 is 72.5 Å². The number of aliphatic hydroxyl groups is 2. The van der Waals surface area contributed by atoms with E-state index in [0.717, 1.165) is 23.4 Å². The highest BCUT2D eigenvalue weighted by Crippen LogP contribution is 2.18. The fourth-order valence-electron chi connectivity index (χ4n) is 3.58. The Morgan fingerprint density at radius 1 is 0.892 bits per heavy atom. The van der Waals surface area contributed by atoms with E-state index in [1.807, 2.05) is 29.6 Å². The first-order chi connectivity index (χ1) is 17.3. The van der Waals surface area contributed by atoms with Gasteiger partial charge in [-0.25, -0.2) is 4.79 Å². The summed E-state index contributed by atoms with van der Waals surface area (Å²) in [6, 6.07) is 1.08. The largest absolute Gasteiger partial charge is 0.481 e. The summed E-state index contributed by atoms with van der Waals surface area (Å²) in [6.45, 7) is 2.29. The van der Waals surface area contributed by atoms with E-state index in [2.05, 4.69) is 15.6 Å². The molecule has 3 amide bonds. The molecule has 0 aliphatic heterocycles. The Hall–Kier alpha value is -4.01. The van der Waals surface area contributed by atoms with E-state index in [0.29, 0.717) is 0 Å². The summed E-state index contributed by atoms with van der Waals surface area (Å²) >= 11 is 0. The number of H-pyrrole nitrogens is 1. The molecule has 0 aliphatic rings. The third kappa shape index (κ3) is 7.99. The summed E-state index contributed by atoms with van der Waals surface area (Å²) in [5.41, 5.74) is 7.61. The molecule has 2 rings (SSSR count). The molecule has 0 radical (unpaired) electrons. The molecule has 1 aromatic carbocycles. The lowest BCUT2D eigenvalue weighted by Crippen LogP contribution is -2.60. The van der Waals surface area contributed by atoms with Crippen LogP contribution in [-0.2, 0) is 30.4 Å². The number of hydrogen-bond acceptors (Lipinski definition) is 8. The van der Waals surface area contributed by atoms with Gasteiger partial charge >= 0.3 is 11.9 Å². The van der Waals surface area contributed by atoms with Crippen molar-refractivity contribution in [2.75, 3.05) is 0 Å². The van der Waals surface area contributed by atoms with Crippen molar-refractivity contribution in [3.8, 4) is 0 Å². The Balaban J connectivity index is 2.11. The first-order valence-corrected chi connectivity index (χ1v) is 11.3. The van der Waals surface area contributed by atoms with E-state index >= 15 is 0 Å². The number of aliphatic carboxylic acids is 2. The minimum Gasteiger partial charge on any atom is -0.481 e. The predicted octanol–water partition coefficient (Wildman–Crippen LogP) is -2.19. The molecule has 1 heterocycles. The molecule has 202 valence electrons. The molecule has 10 N–H and O–H groups in total. The van der Waals surface area contributed by atoms with Crippen molar-refractivity contribution in [3.63, 3.8) is 0 Å². The average molecular weight is 522 g/mol. The first kappa shape index (κ1) is 29.2. The van der Waals surface area contributed by atoms with Crippen molar-refractivity contribution in [2.45, 2.75) is 63.1 Å². The van der Waals surface area contributed by atoms with Crippen LogP contribution in [0.1, 0.15) is 25.8 Å². The van der Waals surface area contributed by atoms with Crippen LogP contribution in [0.15, 0.2) is 30.5 Å². The first-order valence-electron chi connectivity index (χ1n) is 11.3. The Morgan fingerprint density at radius 3 is 2.05 bits per heavy atom. The number of nitrogens with one attached hydrogen (secondary N) is 4. The SMILES string of the molecule is CC(O)C(NC(=O)C(CC(=O)O)NC(=O)C(NC(=O)C(N)Cc1c[nH]c2ccccc12)C(C)O)C(=O)O. The molecular formula is C23H31N5O9. The molecule has 0 saturated heterocycles. The van der Waals surface area contributed by atoms with Crippen molar-refractivity contribution < 1.29 is 44.4 Å². The number of carboxylic acid groups (broad SMARTS) is 2. The molecule has 0 fully saturated rings. The monoisotopic (exact) mass is 521 g/mol. The van der Waals surface area contributed by atoms with E-state index in [9.17, 15) is 34.2 Å². The lowest BCUT2D eigenvalue weighted by atomic mass is 10.0. The zero-order valence-corrected chi connectivity index (χ0v) is 20.2. The highest BCUT2D eigenvalue weighted by atomic mass is 16.4. The van der Waals surface area contributed by atoms with E-state index in [4.69, 9.17) is 15.9 Å². The smallest absolute Gasteiger partial charge is 0.328 e. The summed E-state index contributed by atoms with van der Waals surface area (Å²) in [5.74, 6) is -6.17. The van der Waals surface area contributed by atoms with E-state index in [-0.39, 0.29) is 6.42 Å². The summed E-state index contributed by atoms with van der Waals surface area (Å²) in [6.07, 6.45) is -2.13.